The molecule has 0 spiro atoms. The van der Waals surface area contributed by atoms with Gasteiger partial charge in [-0.05, 0) is 25.2 Å². The average molecular weight is 328 g/mol. The highest BCUT2D eigenvalue weighted by molar-refractivity contribution is 9.09. The predicted octanol–water partition coefficient (Wildman–Crippen LogP) is 2.67. The molecule has 1 aromatic heterocycles. The summed E-state index contributed by atoms with van der Waals surface area (Å²) in [5.41, 5.74) is 1.61. The summed E-state index contributed by atoms with van der Waals surface area (Å²) in [5.74, 6) is 0.585. The van der Waals surface area contributed by atoms with Gasteiger partial charge in [0.05, 0.1) is 11.3 Å². The number of nitrogens with one attached hydrogen (secondary N) is 1. The molecule has 106 valence electrons. The van der Waals surface area contributed by atoms with Gasteiger partial charge in [0.25, 0.3) is 5.91 Å². The Morgan fingerprint density at radius 3 is 2.95 bits per heavy atom. The molecule has 0 radical (unpaired) electrons. The zero-order valence-corrected chi connectivity index (χ0v) is 13.2. The number of hydrogen-bond acceptors (Lipinski definition) is 2. The molecule has 5 heteroatoms. The fourth-order valence-electron chi connectivity index (χ4n) is 2.81. The van der Waals surface area contributed by atoms with Gasteiger partial charge in [0.2, 0.25) is 0 Å². The van der Waals surface area contributed by atoms with Crippen molar-refractivity contribution >= 4 is 21.8 Å². The van der Waals surface area contributed by atoms with Gasteiger partial charge in [-0.15, -0.1) is 0 Å². The van der Waals surface area contributed by atoms with Gasteiger partial charge in [-0.1, -0.05) is 35.7 Å². The maximum atomic E-state index is 12.4. The minimum atomic E-state index is 0.0304. The van der Waals surface area contributed by atoms with Crippen molar-refractivity contribution < 1.29 is 4.79 Å². The van der Waals surface area contributed by atoms with E-state index in [4.69, 9.17) is 0 Å². The number of nitrogens with zero attached hydrogens (tertiary/aromatic N) is 2. The molecule has 0 saturated heterocycles. The lowest BCUT2D eigenvalue weighted by molar-refractivity contribution is 0.0910. The van der Waals surface area contributed by atoms with Crippen molar-refractivity contribution in [3.63, 3.8) is 0 Å². The van der Waals surface area contributed by atoms with E-state index in [1.165, 1.54) is 19.3 Å². The van der Waals surface area contributed by atoms with E-state index >= 15 is 0 Å². The van der Waals surface area contributed by atoms with E-state index in [0.29, 0.717) is 12.0 Å². The summed E-state index contributed by atoms with van der Waals surface area (Å²) >= 11 is 3.56. The first-order valence-corrected chi connectivity index (χ1v) is 8.17. The van der Waals surface area contributed by atoms with Gasteiger partial charge >= 0.3 is 0 Å². The van der Waals surface area contributed by atoms with Crippen LogP contribution in [0.15, 0.2) is 6.20 Å². The van der Waals surface area contributed by atoms with Crippen LogP contribution in [0.2, 0.25) is 0 Å². The van der Waals surface area contributed by atoms with E-state index in [9.17, 15) is 4.79 Å². The number of alkyl halides is 1. The molecule has 1 aromatic rings. The van der Waals surface area contributed by atoms with Crippen molar-refractivity contribution in [3.05, 3.63) is 17.5 Å². The normalized spacial score (nSPS) is 23.3. The van der Waals surface area contributed by atoms with E-state index in [0.717, 1.165) is 29.4 Å². The molecule has 4 nitrogen and oxygen atoms in total. The van der Waals surface area contributed by atoms with Crippen LogP contribution >= 0.6 is 15.9 Å². The van der Waals surface area contributed by atoms with Gasteiger partial charge in [-0.3, -0.25) is 9.48 Å². The van der Waals surface area contributed by atoms with Gasteiger partial charge in [-0.25, -0.2) is 0 Å². The molecule has 1 fully saturated rings. The molecule has 0 aromatic carbocycles. The minimum Gasteiger partial charge on any atom is -0.349 e. The highest BCUT2D eigenvalue weighted by Crippen LogP contribution is 2.26. The third-order valence-electron chi connectivity index (χ3n) is 3.91. The monoisotopic (exact) mass is 327 g/mol. The van der Waals surface area contributed by atoms with Crippen LogP contribution in [-0.4, -0.2) is 27.1 Å². The van der Waals surface area contributed by atoms with E-state index in [1.807, 2.05) is 20.2 Å². The SMILES string of the molecule is CCc1nn(C)cc1C(=O)NC1CCCCC1CBr. The Morgan fingerprint density at radius 1 is 1.53 bits per heavy atom. The Bertz CT molecular complexity index is 444. The summed E-state index contributed by atoms with van der Waals surface area (Å²) in [6, 6.07) is 0.297. The fourth-order valence-corrected chi connectivity index (χ4v) is 3.59. The van der Waals surface area contributed by atoms with Crippen molar-refractivity contribution in [2.45, 2.75) is 45.1 Å². The largest absolute Gasteiger partial charge is 0.349 e. The number of carbonyl (C=O) groups is 1. The quantitative estimate of drug-likeness (QED) is 0.864. The molecule has 0 bridgehead atoms. The van der Waals surface area contributed by atoms with Crippen LogP contribution in [0.4, 0.5) is 0 Å². The van der Waals surface area contributed by atoms with Crippen LogP contribution < -0.4 is 5.32 Å². The van der Waals surface area contributed by atoms with Crippen molar-refractivity contribution in [2.24, 2.45) is 13.0 Å². The molecular weight excluding hydrogens is 306 g/mol. The lowest BCUT2D eigenvalue weighted by Gasteiger charge is -2.30. The first-order chi connectivity index (χ1) is 9.15. The predicted molar refractivity (Wildman–Crippen MR) is 79.6 cm³/mol. The number of aryl methyl sites for hydroxylation is 2. The second-order valence-corrected chi connectivity index (χ2v) is 5.94. The molecule has 1 N–H and O–H groups in total. The molecule has 1 saturated carbocycles. The van der Waals surface area contributed by atoms with Crippen molar-refractivity contribution in [3.8, 4) is 0 Å². The molecule has 2 unspecified atom stereocenters. The van der Waals surface area contributed by atoms with Gasteiger partial charge in [-0.2, -0.15) is 5.10 Å². The molecule has 2 rings (SSSR count). The Labute approximate surface area is 123 Å². The third kappa shape index (κ3) is 3.38. The Morgan fingerprint density at radius 2 is 2.26 bits per heavy atom. The first kappa shape index (κ1) is 14.6. The smallest absolute Gasteiger partial charge is 0.254 e. The number of amides is 1. The average Bonchev–Trinajstić information content (AvgIpc) is 2.80. The van der Waals surface area contributed by atoms with Crippen LogP contribution in [0.3, 0.4) is 0 Å². The number of halogens is 1. The van der Waals surface area contributed by atoms with E-state index in [-0.39, 0.29) is 5.91 Å². The summed E-state index contributed by atoms with van der Waals surface area (Å²) in [7, 11) is 1.86. The molecule has 1 aliphatic rings. The van der Waals surface area contributed by atoms with Gasteiger partial charge in [0, 0.05) is 24.6 Å². The van der Waals surface area contributed by atoms with Crippen molar-refractivity contribution in [1.82, 2.24) is 15.1 Å². The molecule has 1 aliphatic carbocycles. The number of rotatable bonds is 4. The van der Waals surface area contributed by atoms with E-state index < -0.39 is 0 Å². The minimum absolute atomic E-state index is 0.0304. The highest BCUT2D eigenvalue weighted by atomic mass is 79.9. The number of aromatic nitrogens is 2. The van der Waals surface area contributed by atoms with Crippen LogP contribution in [0.25, 0.3) is 0 Å². The van der Waals surface area contributed by atoms with Gasteiger partial charge < -0.3 is 5.32 Å². The van der Waals surface area contributed by atoms with Gasteiger partial charge in [0.1, 0.15) is 0 Å². The summed E-state index contributed by atoms with van der Waals surface area (Å²) in [6.07, 6.45) is 7.38. The highest BCUT2D eigenvalue weighted by Gasteiger charge is 2.27. The molecule has 2 atom stereocenters. The summed E-state index contributed by atoms with van der Waals surface area (Å²) in [6.45, 7) is 2.03. The summed E-state index contributed by atoms with van der Waals surface area (Å²) in [4.78, 5) is 12.4. The molecule has 1 amide bonds. The first-order valence-electron chi connectivity index (χ1n) is 7.05. The molecule has 19 heavy (non-hydrogen) atoms. The van der Waals surface area contributed by atoms with Crippen LogP contribution in [0.5, 0.6) is 0 Å². The number of carbonyl (C=O) groups excluding carboxylic acids is 1. The molecular formula is C14H22BrN3O. The lowest BCUT2D eigenvalue weighted by atomic mass is 9.86. The Hall–Kier alpha value is -0.840. The van der Waals surface area contributed by atoms with Crippen LogP contribution in [0.1, 0.15) is 48.7 Å². The fraction of sp³-hybridized carbons (Fsp3) is 0.714. The van der Waals surface area contributed by atoms with Crippen LogP contribution in [-0.2, 0) is 13.5 Å². The van der Waals surface area contributed by atoms with Crippen LogP contribution in [0, 0.1) is 5.92 Å². The summed E-state index contributed by atoms with van der Waals surface area (Å²) in [5, 5.41) is 8.49. The third-order valence-corrected chi connectivity index (χ3v) is 4.74. The molecule has 1 heterocycles. The second kappa shape index (κ2) is 6.55. The zero-order valence-electron chi connectivity index (χ0n) is 11.7. The van der Waals surface area contributed by atoms with Crippen molar-refractivity contribution in [1.29, 1.82) is 0 Å². The summed E-state index contributed by atoms with van der Waals surface area (Å²) < 4.78 is 1.72. The maximum absolute atomic E-state index is 12.4. The topological polar surface area (TPSA) is 46.9 Å². The standard InChI is InChI=1S/C14H22BrN3O/c1-3-12-11(9-18(2)17-12)14(19)16-13-7-5-4-6-10(13)8-15/h9-10,13H,3-8H2,1-2H3,(H,16,19). The van der Waals surface area contributed by atoms with E-state index in [2.05, 4.69) is 26.3 Å². The van der Waals surface area contributed by atoms with E-state index in [1.54, 1.807) is 4.68 Å². The number of hydrogen-bond donors (Lipinski definition) is 1. The van der Waals surface area contributed by atoms with Crippen molar-refractivity contribution in [2.75, 3.05) is 5.33 Å². The molecule has 0 aliphatic heterocycles. The Balaban J connectivity index is 2.07. The zero-order chi connectivity index (χ0) is 13.8. The Kier molecular flexibility index (Phi) is 5.02. The lowest BCUT2D eigenvalue weighted by Crippen LogP contribution is -2.42. The second-order valence-electron chi connectivity index (χ2n) is 5.30. The van der Waals surface area contributed by atoms with Gasteiger partial charge in [0.15, 0.2) is 0 Å². The maximum Gasteiger partial charge on any atom is 0.254 e.